The Balaban J connectivity index is 1.37. The highest BCUT2D eigenvalue weighted by Gasteiger charge is 2.28. The first kappa shape index (κ1) is 21.6. The van der Waals surface area contributed by atoms with Gasteiger partial charge in [-0.1, -0.05) is 60.4 Å². The molecule has 0 heterocycles. The molecule has 0 saturated carbocycles. The zero-order valence-electron chi connectivity index (χ0n) is 17.4. The van der Waals surface area contributed by atoms with Gasteiger partial charge in [0, 0.05) is 29.2 Å². The molecule has 0 aromatic heterocycles. The minimum atomic E-state index is -0.793. The molecule has 8 nitrogen and oxygen atoms in total. The van der Waals surface area contributed by atoms with Crippen LogP contribution in [0.2, 0.25) is 0 Å². The summed E-state index contributed by atoms with van der Waals surface area (Å²) in [4.78, 5) is 33.9. The third kappa shape index (κ3) is 4.67. The van der Waals surface area contributed by atoms with E-state index in [2.05, 4.69) is 29.3 Å². The monoisotopic (exact) mass is 441 g/mol. The van der Waals surface area contributed by atoms with Crippen LogP contribution in [0.5, 0.6) is 0 Å². The molecule has 2 amide bonds. The lowest BCUT2D eigenvalue weighted by Crippen LogP contribution is -2.26. The molecule has 1 aliphatic rings. The van der Waals surface area contributed by atoms with Gasteiger partial charge in [-0.05, 0) is 28.3 Å². The van der Waals surface area contributed by atoms with Crippen molar-refractivity contribution in [2.75, 3.05) is 13.2 Å². The molecule has 0 fully saturated rings. The van der Waals surface area contributed by atoms with Crippen LogP contribution in [-0.4, -0.2) is 30.1 Å². The van der Waals surface area contributed by atoms with Crippen LogP contribution >= 0.6 is 0 Å². The summed E-state index contributed by atoms with van der Waals surface area (Å²) in [5.74, 6) is 4.53. The van der Waals surface area contributed by atoms with E-state index in [0.717, 1.165) is 28.3 Å². The number of amides is 2. The van der Waals surface area contributed by atoms with Crippen LogP contribution in [-0.2, 0) is 4.74 Å². The fourth-order valence-electron chi connectivity index (χ4n) is 3.84. The number of nitrogens with zero attached hydrogens (tertiary/aromatic N) is 1. The molecule has 4 rings (SSSR count). The van der Waals surface area contributed by atoms with E-state index >= 15 is 0 Å². The van der Waals surface area contributed by atoms with Gasteiger partial charge in [0.2, 0.25) is 5.91 Å². The van der Waals surface area contributed by atoms with Gasteiger partial charge in [-0.15, -0.1) is 0 Å². The number of primary amides is 1. The first-order valence-electron chi connectivity index (χ1n) is 10.1. The number of carbonyl (C=O) groups excluding carboxylic acids is 2. The van der Waals surface area contributed by atoms with Crippen molar-refractivity contribution in [3.05, 3.63) is 99.1 Å². The summed E-state index contributed by atoms with van der Waals surface area (Å²) in [5, 5.41) is 13.6. The van der Waals surface area contributed by atoms with Crippen molar-refractivity contribution in [2.45, 2.75) is 5.92 Å². The summed E-state index contributed by atoms with van der Waals surface area (Å²) in [6.07, 6.45) is -0.622. The first-order valence-corrected chi connectivity index (χ1v) is 10.1. The highest BCUT2D eigenvalue weighted by atomic mass is 16.6. The summed E-state index contributed by atoms with van der Waals surface area (Å²) >= 11 is 0. The van der Waals surface area contributed by atoms with Gasteiger partial charge in [-0.2, -0.15) is 0 Å². The maximum absolute atomic E-state index is 12.2. The van der Waals surface area contributed by atoms with Gasteiger partial charge in [0.1, 0.15) is 6.61 Å². The summed E-state index contributed by atoms with van der Waals surface area (Å²) < 4.78 is 5.42. The molecule has 1 aliphatic carbocycles. The lowest BCUT2D eigenvalue weighted by Gasteiger charge is -2.14. The van der Waals surface area contributed by atoms with Gasteiger partial charge in [-0.3, -0.25) is 14.9 Å². The number of carbonyl (C=O) groups is 2. The van der Waals surface area contributed by atoms with Gasteiger partial charge in [0.15, 0.2) is 0 Å². The zero-order chi connectivity index (χ0) is 23.4. The number of nitro groups is 1. The highest BCUT2D eigenvalue weighted by molar-refractivity contribution is 5.94. The molecule has 0 aliphatic heterocycles. The predicted octanol–water partition coefficient (Wildman–Crippen LogP) is 3.58. The quantitative estimate of drug-likeness (QED) is 0.356. The molecule has 3 aromatic carbocycles. The number of non-ortho nitro benzene ring substituents is 1. The minimum Gasteiger partial charge on any atom is -0.449 e. The molecule has 0 spiro atoms. The van der Waals surface area contributed by atoms with E-state index < -0.39 is 16.9 Å². The average molecular weight is 441 g/mol. The molecule has 3 aromatic rings. The molecule has 164 valence electrons. The number of benzene rings is 3. The SMILES string of the molecule is NC(=O)c1cc(C#CCNC(=O)OCC2c3ccccc3-c3ccccc32)cc([N+](=O)[O-])c1. The van der Waals surface area contributed by atoms with E-state index in [0.29, 0.717) is 0 Å². The molecular formula is C25H19N3O5. The molecular weight excluding hydrogens is 422 g/mol. The normalized spacial score (nSPS) is 11.5. The summed E-state index contributed by atoms with van der Waals surface area (Å²) in [6, 6.07) is 19.7. The second-order valence-corrected chi connectivity index (χ2v) is 7.37. The van der Waals surface area contributed by atoms with Crippen LogP contribution in [0.25, 0.3) is 11.1 Å². The second kappa shape index (κ2) is 9.24. The topological polar surface area (TPSA) is 125 Å². The number of rotatable bonds is 5. The van der Waals surface area contributed by atoms with Crippen molar-refractivity contribution in [1.29, 1.82) is 0 Å². The predicted molar refractivity (Wildman–Crippen MR) is 122 cm³/mol. The van der Waals surface area contributed by atoms with Crippen molar-refractivity contribution >= 4 is 17.7 Å². The number of hydrogen-bond acceptors (Lipinski definition) is 5. The Morgan fingerprint density at radius 1 is 1.03 bits per heavy atom. The molecule has 8 heteroatoms. The Kier molecular flexibility index (Phi) is 6.04. The standard InChI is InChI=1S/C25H19N3O5/c26-24(29)17-12-16(13-18(14-17)28(31)32)6-5-11-27-25(30)33-15-23-21-9-3-1-7-19(21)20-8-2-4-10-22(20)23/h1-4,7-10,12-14,23H,11,15H2,(H2,26,29)(H,27,30). The molecule has 3 N–H and O–H groups in total. The van der Waals surface area contributed by atoms with E-state index in [4.69, 9.17) is 10.5 Å². The maximum atomic E-state index is 12.2. The van der Waals surface area contributed by atoms with Gasteiger partial charge in [0.25, 0.3) is 5.69 Å². The summed E-state index contributed by atoms with van der Waals surface area (Å²) in [7, 11) is 0. The van der Waals surface area contributed by atoms with E-state index in [1.807, 2.05) is 36.4 Å². The third-order valence-electron chi connectivity index (χ3n) is 5.31. The average Bonchev–Trinajstić information content (AvgIpc) is 3.14. The van der Waals surface area contributed by atoms with Crippen LogP contribution in [0.4, 0.5) is 10.5 Å². The third-order valence-corrected chi connectivity index (χ3v) is 5.31. The fraction of sp³-hybridized carbons (Fsp3) is 0.120. The minimum absolute atomic E-state index is 0.0157. The van der Waals surface area contributed by atoms with Gasteiger partial charge >= 0.3 is 6.09 Å². The number of nitro benzene ring substituents is 1. The molecule has 0 saturated heterocycles. The number of ether oxygens (including phenoxy) is 1. The fourth-order valence-corrected chi connectivity index (χ4v) is 3.84. The molecule has 0 unspecified atom stereocenters. The van der Waals surface area contributed by atoms with Crippen LogP contribution in [0.3, 0.4) is 0 Å². The Bertz CT molecular complexity index is 1250. The molecule has 0 radical (unpaired) electrons. The van der Waals surface area contributed by atoms with Gasteiger partial charge in [-0.25, -0.2) is 4.79 Å². The van der Waals surface area contributed by atoms with E-state index in [9.17, 15) is 19.7 Å². The second-order valence-electron chi connectivity index (χ2n) is 7.37. The van der Waals surface area contributed by atoms with Crippen LogP contribution in [0.1, 0.15) is 33.0 Å². The highest BCUT2D eigenvalue weighted by Crippen LogP contribution is 2.44. The molecule has 0 atom stereocenters. The Labute approximate surface area is 189 Å². The number of fused-ring (bicyclic) bond motifs is 3. The molecule has 0 bridgehead atoms. The smallest absolute Gasteiger partial charge is 0.407 e. The van der Waals surface area contributed by atoms with Crippen molar-refractivity contribution < 1.29 is 19.2 Å². The zero-order valence-corrected chi connectivity index (χ0v) is 17.4. The van der Waals surface area contributed by atoms with Gasteiger partial charge < -0.3 is 15.8 Å². The number of nitrogens with one attached hydrogen (secondary N) is 1. The number of nitrogens with two attached hydrogens (primary N) is 1. The summed E-state index contributed by atoms with van der Waals surface area (Å²) in [6.45, 7) is 0.144. The van der Waals surface area contributed by atoms with Crippen molar-refractivity contribution in [1.82, 2.24) is 5.32 Å². The maximum Gasteiger partial charge on any atom is 0.407 e. The van der Waals surface area contributed by atoms with Crippen molar-refractivity contribution in [3.63, 3.8) is 0 Å². The lowest BCUT2D eigenvalue weighted by molar-refractivity contribution is -0.384. The Hall–Kier alpha value is -4.64. The van der Waals surface area contributed by atoms with Crippen molar-refractivity contribution in [3.8, 4) is 23.0 Å². The number of alkyl carbamates (subject to hydrolysis) is 1. The summed E-state index contributed by atoms with van der Waals surface area (Å²) in [5.41, 5.74) is 9.65. The Morgan fingerprint density at radius 3 is 2.27 bits per heavy atom. The van der Waals surface area contributed by atoms with Crippen LogP contribution in [0.15, 0.2) is 66.7 Å². The van der Waals surface area contributed by atoms with E-state index in [1.54, 1.807) is 0 Å². The largest absolute Gasteiger partial charge is 0.449 e. The Morgan fingerprint density at radius 2 is 1.67 bits per heavy atom. The molecule has 33 heavy (non-hydrogen) atoms. The van der Waals surface area contributed by atoms with Crippen LogP contribution < -0.4 is 11.1 Å². The first-order chi connectivity index (χ1) is 15.9. The van der Waals surface area contributed by atoms with E-state index in [1.165, 1.54) is 12.1 Å². The lowest BCUT2D eigenvalue weighted by atomic mass is 9.98. The number of hydrogen-bond donors (Lipinski definition) is 2. The van der Waals surface area contributed by atoms with Crippen molar-refractivity contribution in [2.24, 2.45) is 5.73 Å². The van der Waals surface area contributed by atoms with Gasteiger partial charge in [0.05, 0.1) is 11.5 Å². The van der Waals surface area contributed by atoms with E-state index in [-0.39, 0.29) is 35.9 Å². The van der Waals surface area contributed by atoms with Crippen LogP contribution in [0, 0.1) is 22.0 Å².